The molecule has 1 aliphatic rings. The van der Waals surface area contributed by atoms with Crippen molar-refractivity contribution in [3.63, 3.8) is 0 Å². The fourth-order valence-electron chi connectivity index (χ4n) is 2.34. The van der Waals surface area contributed by atoms with E-state index in [1.165, 1.54) is 6.20 Å². The van der Waals surface area contributed by atoms with Crippen LogP contribution in [0.15, 0.2) is 28.1 Å². The minimum absolute atomic E-state index is 0.0568. The van der Waals surface area contributed by atoms with Crippen LogP contribution in [0.4, 0.5) is 0 Å². The molecule has 0 radical (unpaired) electrons. The first-order chi connectivity index (χ1) is 9.07. The highest BCUT2D eigenvalue weighted by molar-refractivity contribution is 9.10. The van der Waals surface area contributed by atoms with Gasteiger partial charge in [-0.15, -0.1) is 0 Å². The summed E-state index contributed by atoms with van der Waals surface area (Å²) in [6.07, 6.45) is 6.31. The highest BCUT2D eigenvalue weighted by Crippen LogP contribution is 2.30. The van der Waals surface area contributed by atoms with E-state index < -0.39 is 5.54 Å². The van der Waals surface area contributed by atoms with Crippen molar-refractivity contribution in [3.05, 3.63) is 28.5 Å². The standard InChI is InChI=1S/C12H15BrN4O2/c13-9-5-8(6-15-7-9)10(18)16-12(11(14)17-19)3-1-2-4-12/h5-7,19H,1-4H2,(H2,14,17)(H,16,18). The van der Waals surface area contributed by atoms with Gasteiger partial charge in [0.15, 0.2) is 5.84 Å². The first kappa shape index (κ1) is 13.8. The van der Waals surface area contributed by atoms with E-state index in [0.29, 0.717) is 18.4 Å². The summed E-state index contributed by atoms with van der Waals surface area (Å²) < 4.78 is 0.726. The second-order valence-electron chi connectivity index (χ2n) is 4.62. The quantitative estimate of drug-likeness (QED) is 0.340. The molecule has 0 aliphatic heterocycles. The van der Waals surface area contributed by atoms with Crippen LogP contribution >= 0.6 is 15.9 Å². The first-order valence-electron chi connectivity index (χ1n) is 5.98. The number of pyridine rings is 1. The molecule has 19 heavy (non-hydrogen) atoms. The summed E-state index contributed by atoms with van der Waals surface area (Å²) in [7, 11) is 0. The number of amides is 1. The molecule has 7 heteroatoms. The molecule has 0 spiro atoms. The van der Waals surface area contributed by atoms with Gasteiger partial charge in [-0.25, -0.2) is 0 Å². The first-order valence-corrected chi connectivity index (χ1v) is 6.78. The van der Waals surface area contributed by atoms with Gasteiger partial charge in [0.05, 0.1) is 5.56 Å². The van der Waals surface area contributed by atoms with Crippen LogP contribution in [-0.4, -0.2) is 27.5 Å². The Labute approximate surface area is 119 Å². The zero-order chi connectivity index (χ0) is 13.9. The van der Waals surface area contributed by atoms with E-state index in [0.717, 1.165) is 17.3 Å². The Bertz CT molecular complexity index is 512. The van der Waals surface area contributed by atoms with E-state index in [1.54, 1.807) is 12.3 Å². The van der Waals surface area contributed by atoms with Gasteiger partial charge in [-0.2, -0.15) is 0 Å². The molecule has 1 amide bonds. The second kappa shape index (κ2) is 5.56. The van der Waals surface area contributed by atoms with Gasteiger partial charge in [-0.05, 0) is 34.8 Å². The molecular weight excluding hydrogens is 312 g/mol. The molecule has 4 N–H and O–H groups in total. The van der Waals surface area contributed by atoms with Crippen molar-refractivity contribution in [2.45, 2.75) is 31.2 Å². The van der Waals surface area contributed by atoms with E-state index in [1.807, 2.05) is 0 Å². The maximum absolute atomic E-state index is 12.2. The van der Waals surface area contributed by atoms with Crippen LogP contribution in [-0.2, 0) is 0 Å². The maximum Gasteiger partial charge on any atom is 0.253 e. The number of halogens is 1. The van der Waals surface area contributed by atoms with Gasteiger partial charge in [-0.3, -0.25) is 9.78 Å². The fourth-order valence-corrected chi connectivity index (χ4v) is 2.71. The van der Waals surface area contributed by atoms with E-state index in [4.69, 9.17) is 10.9 Å². The van der Waals surface area contributed by atoms with Crippen LogP contribution in [0.25, 0.3) is 0 Å². The van der Waals surface area contributed by atoms with Crippen LogP contribution in [0.2, 0.25) is 0 Å². The molecule has 0 unspecified atom stereocenters. The number of nitrogens with zero attached hydrogens (tertiary/aromatic N) is 2. The van der Waals surface area contributed by atoms with Crippen molar-refractivity contribution >= 4 is 27.7 Å². The predicted octanol–water partition coefficient (Wildman–Crippen LogP) is 1.63. The normalized spacial score (nSPS) is 18.3. The van der Waals surface area contributed by atoms with E-state index in [-0.39, 0.29) is 11.7 Å². The van der Waals surface area contributed by atoms with Crippen LogP contribution in [0, 0.1) is 0 Å². The number of rotatable bonds is 3. The minimum Gasteiger partial charge on any atom is -0.409 e. The van der Waals surface area contributed by atoms with Gasteiger partial charge in [0.1, 0.15) is 5.54 Å². The fraction of sp³-hybridized carbons (Fsp3) is 0.417. The lowest BCUT2D eigenvalue weighted by atomic mass is 9.95. The van der Waals surface area contributed by atoms with Crippen molar-refractivity contribution in [2.75, 3.05) is 0 Å². The Kier molecular flexibility index (Phi) is 4.04. The minimum atomic E-state index is -0.742. The number of nitrogens with one attached hydrogen (secondary N) is 1. The van der Waals surface area contributed by atoms with Gasteiger partial charge in [0.25, 0.3) is 5.91 Å². The summed E-state index contributed by atoms with van der Waals surface area (Å²) in [5.41, 5.74) is 5.42. The second-order valence-corrected chi connectivity index (χ2v) is 5.54. The SMILES string of the molecule is N/C(=N/O)C1(NC(=O)c2cncc(Br)c2)CCCC1. The third-order valence-corrected chi connectivity index (χ3v) is 3.81. The zero-order valence-corrected chi connectivity index (χ0v) is 11.9. The largest absolute Gasteiger partial charge is 0.409 e. The Morgan fingerprint density at radius 3 is 2.74 bits per heavy atom. The summed E-state index contributed by atoms with van der Waals surface area (Å²) >= 11 is 3.27. The Morgan fingerprint density at radius 1 is 1.47 bits per heavy atom. The van der Waals surface area contributed by atoms with Gasteiger partial charge >= 0.3 is 0 Å². The molecule has 1 heterocycles. The number of amidine groups is 1. The average molecular weight is 327 g/mol. The van der Waals surface area contributed by atoms with Crippen molar-refractivity contribution in [2.24, 2.45) is 10.9 Å². The molecule has 6 nitrogen and oxygen atoms in total. The smallest absolute Gasteiger partial charge is 0.253 e. The number of hydrogen-bond acceptors (Lipinski definition) is 4. The third-order valence-electron chi connectivity index (χ3n) is 3.38. The number of carbonyl (C=O) groups is 1. The monoisotopic (exact) mass is 326 g/mol. The number of oxime groups is 1. The summed E-state index contributed by atoms with van der Waals surface area (Å²) in [4.78, 5) is 16.2. The van der Waals surface area contributed by atoms with Gasteiger partial charge in [0, 0.05) is 16.9 Å². The molecule has 1 aromatic rings. The highest BCUT2D eigenvalue weighted by atomic mass is 79.9. The highest BCUT2D eigenvalue weighted by Gasteiger charge is 2.39. The van der Waals surface area contributed by atoms with Gasteiger partial charge in [-0.1, -0.05) is 18.0 Å². The lowest BCUT2D eigenvalue weighted by Crippen LogP contribution is -2.55. The molecule has 0 bridgehead atoms. The third kappa shape index (κ3) is 2.86. The molecule has 1 aromatic heterocycles. The molecule has 0 aromatic carbocycles. The number of nitrogens with two attached hydrogens (primary N) is 1. The molecule has 2 rings (SSSR count). The number of carbonyl (C=O) groups excluding carboxylic acids is 1. The molecule has 102 valence electrons. The molecule has 0 saturated heterocycles. The molecule has 1 aliphatic carbocycles. The zero-order valence-electron chi connectivity index (χ0n) is 10.3. The van der Waals surface area contributed by atoms with Crippen molar-refractivity contribution in [3.8, 4) is 0 Å². The maximum atomic E-state index is 12.2. The van der Waals surface area contributed by atoms with Crippen molar-refractivity contribution in [1.82, 2.24) is 10.3 Å². The van der Waals surface area contributed by atoms with Crippen molar-refractivity contribution in [1.29, 1.82) is 0 Å². The van der Waals surface area contributed by atoms with E-state index >= 15 is 0 Å². The Balaban J connectivity index is 2.21. The Morgan fingerprint density at radius 2 is 2.16 bits per heavy atom. The van der Waals surface area contributed by atoms with Gasteiger partial charge < -0.3 is 16.3 Å². The summed E-state index contributed by atoms with van der Waals surface area (Å²) in [5.74, 6) is -0.219. The molecule has 1 fully saturated rings. The topological polar surface area (TPSA) is 101 Å². The van der Waals surface area contributed by atoms with Crippen molar-refractivity contribution < 1.29 is 10.0 Å². The van der Waals surface area contributed by atoms with E-state index in [9.17, 15) is 4.79 Å². The lowest BCUT2D eigenvalue weighted by molar-refractivity contribution is 0.0922. The van der Waals surface area contributed by atoms with Crippen LogP contribution < -0.4 is 11.1 Å². The summed E-state index contributed by atoms with van der Waals surface area (Å²) in [6.45, 7) is 0. The molecule has 1 saturated carbocycles. The molecular formula is C12H15BrN4O2. The molecule has 0 atom stereocenters. The average Bonchev–Trinajstić information content (AvgIpc) is 2.87. The van der Waals surface area contributed by atoms with Crippen LogP contribution in [0.3, 0.4) is 0 Å². The lowest BCUT2D eigenvalue weighted by Gasteiger charge is -2.28. The predicted molar refractivity (Wildman–Crippen MR) is 74.0 cm³/mol. The number of aromatic nitrogens is 1. The summed E-state index contributed by atoms with van der Waals surface area (Å²) in [5, 5.41) is 14.8. The number of hydrogen-bond donors (Lipinski definition) is 3. The Hall–Kier alpha value is -1.63. The van der Waals surface area contributed by atoms with E-state index in [2.05, 4.69) is 31.4 Å². The van der Waals surface area contributed by atoms with Crippen LogP contribution in [0.5, 0.6) is 0 Å². The summed E-state index contributed by atoms with van der Waals surface area (Å²) in [6, 6.07) is 1.68. The van der Waals surface area contributed by atoms with Gasteiger partial charge in [0.2, 0.25) is 0 Å². The van der Waals surface area contributed by atoms with Crippen LogP contribution in [0.1, 0.15) is 36.0 Å².